The summed E-state index contributed by atoms with van der Waals surface area (Å²) in [6, 6.07) is 15.2. The zero-order valence-corrected chi connectivity index (χ0v) is 19.6. The predicted octanol–water partition coefficient (Wildman–Crippen LogP) is 3.54. The van der Waals surface area contributed by atoms with E-state index in [1.807, 2.05) is 11.3 Å². The number of thiophene rings is 1. The Morgan fingerprint density at radius 1 is 1.14 bits per heavy atom. The van der Waals surface area contributed by atoms with Crippen molar-refractivity contribution < 1.29 is 4.74 Å². The minimum atomic E-state index is 0. The van der Waals surface area contributed by atoms with Crippen LogP contribution >= 0.6 is 35.3 Å². The quantitative estimate of drug-likeness (QED) is 0.322. The topological polar surface area (TPSA) is 48.9 Å². The van der Waals surface area contributed by atoms with Crippen molar-refractivity contribution in [1.82, 2.24) is 15.5 Å². The standard InChI is InChI=1S/C21H30N4OS.HI/c1-2-22-21(23-11-10-18-7-4-3-5-8-18)24-17-19(20-9-6-16-27-20)25-12-14-26-15-13-25;/h3-9,16,19H,2,10-15,17H2,1H3,(H2,22,23,24);1H. The van der Waals surface area contributed by atoms with Crippen molar-refractivity contribution in [2.45, 2.75) is 19.4 Å². The maximum Gasteiger partial charge on any atom is 0.191 e. The second kappa shape index (κ2) is 13.1. The number of aliphatic imine (C=N–C) groups is 1. The van der Waals surface area contributed by atoms with Crippen LogP contribution in [-0.4, -0.2) is 56.8 Å². The van der Waals surface area contributed by atoms with Crippen molar-refractivity contribution in [1.29, 1.82) is 0 Å². The summed E-state index contributed by atoms with van der Waals surface area (Å²) in [5.74, 6) is 0.892. The first kappa shape index (κ1) is 23.1. The van der Waals surface area contributed by atoms with Crippen molar-refractivity contribution in [3.05, 3.63) is 58.3 Å². The zero-order valence-electron chi connectivity index (χ0n) is 16.5. The molecular weight excluding hydrogens is 483 g/mol. The van der Waals surface area contributed by atoms with Crippen LogP contribution in [0.3, 0.4) is 0 Å². The summed E-state index contributed by atoms with van der Waals surface area (Å²) in [7, 11) is 0. The van der Waals surface area contributed by atoms with E-state index in [-0.39, 0.29) is 24.0 Å². The molecule has 1 unspecified atom stereocenters. The van der Waals surface area contributed by atoms with Gasteiger partial charge in [0.2, 0.25) is 0 Å². The normalized spacial score (nSPS) is 16.2. The molecule has 1 atom stereocenters. The van der Waals surface area contributed by atoms with E-state index >= 15 is 0 Å². The van der Waals surface area contributed by atoms with E-state index in [0.29, 0.717) is 6.04 Å². The predicted molar refractivity (Wildman–Crippen MR) is 129 cm³/mol. The number of benzene rings is 1. The number of ether oxygens (including phenoxy) is 1. The average Bonchev–Trinajstić information content (AvgIpc) is 3.24. The molecule has 0 amide bonds. The molecule has 2 aromatic rings. The monoisotopic (exact) mass is 514 g/mol. The van der Waals surface area contributed by atoms with Crippen LogP contribution in [0, 0.1) is 0 Å². The van der Waals surface area contributed by atoms with Gasteiger partial charge in [0.1, 0.15) is 0 Å². The van der Waals surface area contributed by atoms with E-state index in [2.05, 4.69) is 70.3 Å². The van der Waals surface area contributed by atoms with Crippen LogP contribution in [0.25, 0.3) is 0 Å². The molecule has 1 aliphatic heterocycles. The van der Waals surface area contributed by atoms with Gasteiger partial charge in [0.15, 0.2) is 5.96 Å². The third-order valence-corrected chi connectivity index (χ3v) is 5.65. The number of morpholine rings is 1. The average molecular weight is 514 g/mol. The second-order valence-electron chi connectivity index (χ2n) is 6.56. The number of hydrogen-bond donors (Lipinski definition) is 2. The number of hydrogen-bond acceptors (Lipinski definition) is 4. The van der Waals surface area contributed by atoms with Crippen LogP contribution in [0.4, 0.5) is 0 Å². The van der Waals surface area contributed by atoms with Gasteiger partial charge in [0.05, 0.1) is 25.8 Å². The summed E-state index contributed by atoms with van der Waals surface area (Å²) in [5, 5.41) is 8.99. The Labute approximate surface area is 189 Å². The highest BCUT2D eigenvalue weighted by atomic mass is 127. The van der Waals surface area contributed by atoms with Crippen molar-refractivity contribution in [3.8, 4) is 0 Å². The van der Waals surface area contributed by atoms with Gasteiger partial charge in [0.25, 0.3) is 0 Å². The van der Waals surface area contributed by atoms with E-state index in [9.17, 15) is 0 Å². The minimum Gasteiger partial charge on any atom is -0.379 e. The van der Waals surface area contributed by atoms with E-state index in [4.69, 9.17) is 9.73 Å². The van der Waals surface area contributed by atoms with Crippen molar-refractivity contribution in [2.24, 2.45) is 4.99 Å². The molecule has 1 aliphatic rings. The molecule has 5 nitrogen and oxygen atoms in total. The lowest BCUT2D eigenvalue weighted by Gasteiger charge is -2.33. The van der Waals surface area contributed by atoms with Gasteiger partial charge in [-0.15, -0.1) is 35.3 Å². The van der Waals surface area contributed by atoms with Crippen LogP contribution in [0.1, 0.15) is 23.4 Å². The van der Waals surface area contributed by atoms with Crippen LogP contribution in [0.2, 0.25) is 0 Å². The summed E-state index contributed by atoms with van der Waals surface area (Å²) in [5.41, 5.74) is 1.34. The van der Waals surface area contributed by atoms with Gasteiger partial charge in [-0.25, -0.2) is 0 Å². The lowest BCUT2D eigenvalue weighted by Crippen LogP contribution is -2.42. The molecule has 0 aliphatic carbocycles. The van der Waals surface area contributed by atoms with E-state index in [0.717, 1.165) is 58.3 Å². The molecule has 1 aromatic heterocycles. The first-order valence-electron chi connectivity index (χ1n) is 9.78. The SMILES string of the molecule is CCNC(=NCC(c1cccs1)N1CCOCC1)NCCc1ccccc1.I. The second-order valence-corrected chi connectivity index (χ2v) is 7.54. The largest absolute Gasteiger partial charge is 0.379 e. The van der Waals surface area contributed by atoms with Gasteiger partial charge in [-0.1, -0.05) is 36.4 Å². The van der Waals surface area contributed by atoms with E-state index in [1.54, 1.807) is 0 Å². The third kappa shape index (κ3) is 7.35. The summed E-state index contributed by atoms with van der Waals surface area (Å²) in [4.78, 5) is 8.76. The van der Waals surface area contributed by atoms with Crippen LogP contribution in [0.15, 0.2) is 52.8 Å². The Balaban J connectivity index is 0.00000280. The number of guanidine groups is 1. The Morgan fingerprint density at radius 3 is 2.61 bits per heavy atom. The van der Waals surface area contributed by atoms with Crippen LogP contribution < -0.4 is 10.6 Å². The molecule has 28 heavy (non-hydrogen) atoms. The highest BCUT2D eigenvalue weighted by Gasteiger charge is 2.23. The summed E-state index contributed by atoms with van der Waals surface area (Å²) in [6.45, 7) is 8.14. The highest BCUT2D eigenvalue weighted by molar-refractivity contribution is 14.0. The fourth-order valence-corrected chi connectivity index (χ4v) is 4.10. The first-order valence-corrected chi connectivity index (χ1v) is 10.7. The van der Waals surface area contributed by atoms with Gasteiger partial charge in [0, 0.05) is 31.1 Å². The van der Waals surface area contributed by atoms with E-state index in [1.165, 1.54) is 10.4 Å². The molecule has 0 saturated carbocycles. The maximum absolute atomic E-state index is 5.53. The Hall–Kier alpha value is -1.16. The molecule has 0 bridgehead atoms. The summed E-state index contributed by atoms with van der Waals surface area (Å²) < 4.78 is 5.53. The Morgan fingerprint density at radius 2 is 1.93 bits per heavy atom. The summed E-state index contributed by atoms with van der Waals surface area (Å²) in [6.07, 6.45) is 0.989. The van der Waals surface area contributed by atoms with Gasteiger partial charge in [-0.2, -0.15) is 0 Å². The Bertz CT molecular complexity index is 675. The van der Waals surface area contributed by atoms with Gasteiger partial charge >= 0.3 is 0 Å². The van der Waals surface area contributed by atoms with E-state index < -0.39 is 0 Å². The fraction of sp³-hybridized carbons (Fsp3) is 0.476. The first-order chi connectivity index (χ1) is 13.4. The van der Waals surface area contributed by atoms with Crippen molar-refractivity contribution in [3.63, 3.8) is 0 Å². The van der Waals surface area contributed by atoms with Gasteiger partial charge in [-0.3, -0.25) is 9.89 Å². The maximum atomic E-state index is 5.53. The molecular formula is C21H31IN4OS. The number of nitrogens with zero attached hydrogens (tertiary/aromatic N) is 2. The fourth-order valence-electron chi connectivity index (χ4n) is 3.24. The Kier molecular flexibility index (Phi) is 10.8. The molecule has 0 spiro atoms. The number of halogens is 1. The minimum absolute atomic E-state index is 0. The molecule has 7 heteroatoms. The van der Waals surface area contributed by atoms with Crippen LogP contribution in [-0.2, 0) is 11.2 Å². The third-order valence-electron chi connectivity index (χ3n) is 4.67. The molecule has 1 aromatic carbocycles. The van der Waals surface area contributed by atoms with Gasteiger partial charge < -0.3 is 15.4 Å². The molecule has 0 radical (unpaired) electrons. The van der Waals surface area contributed by atoms with Crippen molar-refractivity contribution in [2.75, 3.05) is 45.9 Å². The molecule has 2 heterocycles. The van der Waals surface area contributed by atoms with Gasteiger partial charge in [-0.05, 0) is 30.4 Å². The molecule has 1 fully saturated rings. The lowest BCUT2D eigenvalue weighted by atomic mass is 10.1. The molecule has 1 saturated heterocycles. The molecule has 2 N–H and O–H groups in total. The lowest BCUT2D eigenvalue weighted by molar-refractivity contribution is 0.0186. The zero-order chi connectivity index (χ0) is 18.7. The molecule has 3 rings (SSSR count). The summed E-state index contributed by atoms with van der Waals surface area (Å²) >= 11 is 1.81. The number of rotatable bonds is 8. The number of nitrogens with one attached hydrogen (secondary N) is 2. The van der Waals surface area contributed by atoms with Crippen LogP contribution in [0.5, 0.6) is 0 Å². The highest BCUT2D eigenvalue weighted by Crippen LogP contribution is 2.26. The van der Waals surface area contributed by atoms with Crippen molar-refractivity contribution >= 4 is 41.3 Å². The molecule has 154 valence electrons. The smallest absolute Gasteiger partial charge is 0.191 e.